The fourth-order valence-corrected chi connectivity index (χ4v) is 3.57. The molecule has 0 amide bonds. The molecule has 0 unspecified atom stereocenters. The van der Waals surface area contributed by atoms with Crippen LogP contribution in [0.15, 0.2) is 0 Å². The lowest BCUT2D eigenvalue weighted by molar-refractivity contribution is 0.0410. The van der Waals surface area contributed by atoms with Gasteiger partial charge >= 0.3 is 0 Å². The van der Waals surface area contributed by atoms with Gasteiger partial charge in [-0.1, -0.05) is 38.5 Å². The maximum atomic E-state index is 9.38. The normalized spacial score (nSPS) is 30.2. The van der Waals surface area contributed by atoms with E-state index < -0.39 is 0 Å². The molecule has 0 bridgehead atoms. The van der Waals surface area contributed by atoms with E-state index in [1.165, 1.54) is 64.2 Å². The minimum Gasteiger partial charge on any atom is -0.396 e. The Morgan fingerprint density at radius 3 is 2.32 bits per heavy atom. The summed E-state index contributed by atoms with van der Waals surface area (Å²) in [6.45, 7) is 2.11. The molecule has 2 rings (SSSR count). The summed E-state index contributed by atoms with van der Waals surface area (Å²) >= 11 is 0. The van der Waals surface area contributed by atoms with Crippen molar-refractivity contribution in [2.45, 2.75) is 76.4 Å². The zero-order valence-electron chi connectivity index (χ0n) is 12.3. The predicted octanol–water partition coefficient (Wildman–Crippen LogP) is 2.87. The monoisotopic (exact) mass is 269 g/mol. The van der Waals surface area contributed by atoms with Gasteiger partial charge in [-0.05, 0) is 31.6 Å². The first-order valence-electron chi connectivity index (χ1n) is 8.36. The molecule has 0 aromatic heterocycles. The molecule has 3 nitrogen and oxygen atoms in total. The summed E-state index contributed by atoms with van der Waals surface area (Å²) < 4.78 is 6.00. The first kappa shape index (κ1) is 15.3. The molecule has 19 heavy (non-hydrogen) atoms. The highest BCUT2D eigenvalue weighted by atomic mass is 16.5. The fourth-order valence-electron chi connectivity index (χ4n) is 3.57. The lowest BCUT2D eigenvalue weighted by Gasteiger charge is -2.31. The molecular weight excluding hydrogens is 238 g/mol. The summed E-state index contributed by atoms with van der Waals surface area (Å²) in [4.78, 5) is 0. The summed E-state index contributed by atoms with van der Waals surface area (Å²) in [6, 6.07) is 0.511. The summed E-state index contributed by atoms with van der Waals surface area (Å²) in [5.74, 6) is 0.464. The second kappa shape index (κ2) is 8.93. The SMILES string of the molecule is OC[C@@H]1CCCC[C@@H]1NCCOC1CCCCCC1. The van der Waals surface area contributed by atoms with Crippen LogP contribution in [0.25, 0.3) is 0 Å². The van der Waals surface area contributed by atoms with Gasteiger partial charge in [-0.15, -0.1) is 0 Å². The van der Waals surface area contributed by atoms with Crippen LogP contribution in [0.5, 0.6) is 0 Å². The molecule has 2 atom stereocenters. The molecule has 0 aromatic rings. The largest absolute Gasteiger partial charge is 0.396 e. The fraction of sp³-hybridized carbons (Fsp3) is 1.00. The van der Waals surface area contributed by atoms with Gasteiger partial charge in [0.25, 0.3) is 0 Å². The van der Waals surface area contributed by atoms with Crippen molar-refractivity contribution in [2.75, 3.05) is 19.8 Å². The molecule has 0 aromatic carbocycles. The van der Waals surface area contributed by atoms with Crippen LogP contribution in [0.2, 0.25) is 0 Å². The third kappa shape index (κ3) is 5.41. The van der Waals surface area contributed by atoms with E-state index in [1.54, 1.807) is 0 Å². The number of hydrogen-bond acceptors (Lipinski definition) is 3. The number of nitrogens with one attached hydrogen (secondary N) is 1. The van der Waals surface area contributed by atoms with Crippen molar-refractivity contribution >= 4 is 0 Å². The number of rotatable bonds is 6. The molecule has 0 spiro atoms. The molecule has 3 heteroatoms. The van der Waals surface area contributed by atoms with Crippen molar-refractivity contribution in [1.29, 1.82) is 0 Å². The molecule has 0 aliphatic heterocycles. The van der Waals surface area contributed by atoms with E-state index in [0.29, 0.717) is 24.7 Å². The number of aliphatic hydroxyl groups excluding tert-OH is 1. The average molecular weight is 269 g/mol. The van der Waals surface area contributed by atoms with Gasteiger partial charge in [0.2, 0.25) is 0 Å². The first-order chi connectivity index (χ1) is 9.40. The molecular formula is C16H31NO2. The third-order valence-electron chi connectivity index (χ3n) is 4.81. The Morgan fingerprint density at radius 2 is 1.58 bits per heavy atom. The highest BCUT2D eigenvalue weighted by Crippen LogP contribution is 2.24. The van der Waals surface area contributed by atoms with Crippen molar-refractivity contribution in [3.63, 3.8) is 0 Å². The van der Waals surface area contributed by atoms with Gasteiger partial charge in [0.1, 0.15) is 0 Å². The van der Waals surface area contributed by atoms with E-state index in [-0.39, 0.29) is 0 Å². The summed E-state index contributed by atoms with van der Waals surface area (Å²) in [6.07, 6.45) is 13.4. The number of hydrogen-bond donors (Lipinski definition) is 2. The van der Waals surface area contributed by atoms with Gasteiger partial charge in [-0.3, -0.25) is 0 Å². The average Bonchev–Trinajstić information content (AvgIpc) is 2.72. The molecule has 2 fully saturated rings. The lowest BCUT2D eigenvalue weighted by atomic mass is 9.85. The molecule has 0 radical (unpaired) electrons. The van der Waals surface area contributed by atoms with Crippen LogP contribution in [0.1, 0.15) is 64.2 Å². The Labute approximate surface area is 118 Å². The second-order valence-corrected chi connectivity index (χ2v) is 6.27. The highest BCUT2D eigenvalue weighted by molar-refractivity contribution is 4.80. The van der Waals surface area contributed by atoms with Crippen molar-refractivity contribution in [3.05, 3.63) is 0 Å². The van der Waals surface area contributed by atoms with Gasteiger partial charge in [-0.2, -0.15) is 0 Å². The zero-order valence-corrected chi connectivity index (χ0v) is 12.3. The van der Waals surface area contributed by atoms with Crippen LogP contribution in [-0.2, 0) is 4.74 Å². The summed E-state index contributed by atoms with van der Waals surface area (Å²) in [5, 5.41) is 13.0. The van der Waals surface area contributed by atoms with Gasteiger partial charge in [0.15, 0.2) is 0 Å². The molecule has 2 N–H and O–H groups in total. The maximum absolute atomic E-state index is 9.38. The second-order valence-electron chi connectivity index (χ2n) is 6.27. The maximum Gasteiger partial charge on any atom is 0.0594 e. The Balaban J connectivity index is 1.57. The smallest absolute Gasteiger partial charge is 0.0594 e. The molecule has 2 aliphatic rings. The van der Waals surface area contributed by atoms with Gasteiger partial charge in [0.05, 0.1) is 12.7 Å². The van der Waals surface area contributed by atoms with E-state index >= 15 is 0 Å². The van der Waals surface area contributed by atoms with Gasteiger partial charge in [0, 0.05) is 19.2 Å². The summed E-state index contributed by atoms with van der Waals surface area (Å²) in [7, 11) is 0. The van der Waals surface area contributed by atoms with Crippen molar-refractivity contribution < 1.29 is 9.84 Å². The van der Waals surface area contributed by atoms with Crippen molar-refractivity contribution in [2.24, 2.45) is 5.92 Å². The van der Waals surface area contributed by atoms with E-state index in [0.717, 1.165) is 13.2 Å². The third-order valence-corrected chi connectivity index (χ3v) is 4.81. The van der Waals surface area contributed by atoms with Crippen molar-refractivity contribution in [3.8, 4) is 0 Å². The van der Waals surface area contributed by atoms with E-state index in [9.17, 15) is 5.11 Å². The Bertz CT molecular complexity index is 227. The highest BCUT2D eigenvalue weighted by Gasteiger charge is 2.23. The number of aliphatic hydroxyl groups is 1. The van der Waals surface area contributed by atoms with Crippen LogP contribution in [0.4, 0.5) is 0 Å². The lowest BCUT2D eigenvalue weighted by Crippen LogP contribution is -2.41. The Hall–Kier alpha value is -0.120. The van der Waals surface area contributed by atoms with Crippen LogP contribution in [0, 0.1) is 5.92 Å². The van der Waals surface area contributed by atoms with E-state index in [1.807, 2.05) is 0 Å². The van der Waals surface area contributed by atoms with E-state index in [4.69, 9.17) is 4.74 Å². The minimum absolute atomic E-state index is 0.334. The van der Waals surface area contributed by atoms with Crippen LogP contribution < -0.4 is 5.32 Å². The van der Waals surface area contributed by atoms with Gasteiger partial charge < -0.3 is 15.2 Å². The number of ether oxygens (including phenoxy) is 1. The molecule has 2 aliphatic carbocycles. The van der Waals surface area contributed by atoms with Crippen molar-refractivity contribution in [1.82, 2.24) is 5.32 Å². The standard InChI is InChI=1S/C16H31NO2/c18-13-14-7-5-6-10-16(14)17-11-12-19-15-8-3-1-2-4-9-15/h14-18H,1-13H2/t14-,16-/m0/s1. The van der Waals surface area contributed by atoms with Gasteiger partial charge in [-0.25, -0.2) is 0 Å². The topological polar surface area (TPSA) is 41.5 Å². The molecule has 0 heterocycles. The minimum atomic E-state index is 0.334. The van der Waals surface area contributed by atoms with E-state index in [2.05, 4.69) is 5.32 Å². The quantitative estimate of drug-likeness (QED) is 0.575. The molecule has 2 saturated carbocycles. The van der Waals surface area contributed by atoms with Crippen LogP contribution in [0.3, 0.4) is 0 Å². The molecule has 112 valence electrons. The van der Waals surface area contributed by atoms with Crippen LogP contribution >= 0.6 is 0 Å². The summed E-state index contributed by atoms with van der Waals surface area (Å²) in [5.41, 5.74) is 0. The predicted molar refractivity (Wildman–Crippen MR) is 78.3 cm³/mol. The molecule has 0 saturated heterocycles. The van der Waals surface area contributed by atoms with Crippen LogP contribution in [-0.4, -0.2) is 37.0 Å². The Kier molecular flexibility index (Phi) is 7.18. The first-order valence-corrected chi connectivity index (χ1v) is 8.36. The Morgan fingerprint density at radius 1 is 0.895 bits per heavy atom. The zero-order chi connectivity index (χ0) is 13.3.